The van der Waals surface area contributed by atoms with Crippen molar-refractivity contribution in [1.82, 2.24) is 10.2 Å². The summed E-state index contributed by atoms with van der Waals surface area (Å²) in [6.07, 6.45) is 2.47. The molecule has 1 saturated heterocycles. The summed E-state index contributed by atoms with van der Waals surface area (Å²) in [5.74, 6) is 1.10. The van der Waals surface area contributed by atoms with E-state index in [4.69, 9.17) is 4.74 Å². The van der Waals surface area contributed by atoms with Crippen molar-refractivity contribution in [2.75, 3.05) is 33.3 Å². The summed E-state index contributed by atoms with van der Waals surface area (Å²) in [6, 6.07) is 5.13. The van der Waals surface area contributed by atoms with Crippen molar-refractivity contribution in [2.45, 2.75) is 26.3 Å². The SMILES string of the molecule is CCNCC1CCCN(Cc2ccc(OC)cc2F)C1. The average molecular weight is 280 g/mol. The molecule has 3 nitrogen and oxygen atoms in total. The van der Waals surface area contributed by atoms with E-state index in [2.05, 4.69) is 17.1 Å². The quantitative estimate of drug-likeness (QED) is 0.867. The van der Waals surface area contributed by atoms with Crippen molar-refractivity contribution < 1.29 is 9.13 Å². The standard InChI is InChI=1S/C16H25FN2O/c1-3-18-10-13-5-4-8-19(11-13)12-14-6-7-15(20-2)9-16(14)17/h6-7,9,13,18H,3-5,8,10-12H2,1-2H3. The molecule has 1 unspecified atom stereocenters. The molecule has 2 rings (SSSR count). The summed E-state index contributed by atoms with van der Waals surface area (Å²) in [5.41, 5.74) is 0.759. The van der Waals surface area contributed by atoms with Gasteiger partial charge in [-0.25, -0.2) is 4.39 Å². The second kappa shape index (κ2) is 7.60. The van der Waals surface area contributed by atoms with Gasteiger partial charge in [-0.05, 0) is 44.5 Å². The molecule has 1 aromatic carbocycles. The highest BCUT2D eigenvalue weighted by Crippen LogP contribution is 2.21. The molecule has 1 aliphatic rings. The summed E-state index contributed by atoms with van der Waals surface area (Å²) in [5, 5.41) is 3.41. The molecule has 0 radical (unpaired) electrons. The van der Waals surface area contributed by atoms with Crippen LogP contribution in [0.5, 0.6) is 5.75 Å². The van der Waals surface area contributed by atoms with Gasteiger partial charge >= 0.3 is 0 Å². The molecule has 1 aromatic rings. The van der Waals surface area contributed by atoms with Crippen LogP contribution in [0.1, 0.15) is 25.3 Å². The number of nitrogens with zero attached hydrogens (tertiary/aromatic N) is 1. The van der Waals surface area contributed by atoms with Crippen LogP contribution in [0.4, 0.5) is 4.39 Å². The summed E-state index contributed by atoms with van der Waals surface area (Å²) in [6.45, 7) is 7.03. The zero-order valence-electron chi connectivity index (χ0n) is 12.5. The summed E-state index contributed by atoms with van der Waals surface area (Å²) in [7, 11) is 1.56. The smallest absolute Gasteiger partial charge is 0.131 e. The normalized spacial score (nSPS) is 20.1. The van der Waals surface area contributed by atoms with E-state index in [1.165, 1.54) is 18.9 Å². The van der Waals surface area contributed by atoms with E-state index in [0.717, 1.165) is 31.7 Å². The number of methoxy groups -OCH3 is 1. The maximum absolute atomic E-state index is 14.0. The van der Waals surface area contributed by atoms with Crippen LogP contribution in [-0.4, -0.2) is 38.2 Å². The maximum Gasteiger partial charge on any atom is 0.131 e. The Hall–Kier alpha value is -1.13. The highest BCUT2D eigenvalue weighted by atomic mass is 19.1. The molecular formula is C16H25FN2O. The van der Waals surface area contributed by atoms with E-state index in [9.17, 15) is 4.39 Å². The van der Waals surface area contributed by atoms with Gasteiger partial charge in [-0.2, -0.15) is 0 Å². The lowest BCUT2D eigenvalue weighted by Crippen LogP contribution is -2.39. The molecule has 0 spiro atoms. The van der Waals surface area contributed by atoms with Gasteiger partial charge < -0.3 is 10.1 Å². The molecule has 1 aliphatic heterocycles. The molecule has 1 N–H and O–H groups in total. The first-order valence-corrected chi connectivity index (χ1v) is 7.48. The first kappa shape index (κ1) is 15.3. The zero-order valence-corrected chi connectivity index (χ0v) is 12.5. The van der Waals surface area contributed by atoms with E-state index in [1.54, 1.807) is 7.11 Å². The predicted molar refractivity (Wildman–Crippen MR) is 79.5 cm³/mol. The average Bonchev–Trinajstić information content (AvgIpc) is 2.47. The van der Waals surface area contributed by atoms with Gasteiger partial charge in [0.05, 0.1) is 7.11 Å². The van der Waals surface area contributed by atoms with Crippen molar-refractivity contribution in [3.05, 3.63) is 29.6 Å². The third-order valence-corrected chi connectivity index (χ3v) is 3.94. The minimum atomic E-state index is -0.168. The minimum Gasteiger partial charge on any atom is -0.497 e. The van der Waals surface area contributed by atoms with Gasteiger partial charge in [0.2, 0.25) is 0 Å². The Labute approximate surface area is 121 Å². The Balaban J connectivity index is 1.92. The van der Waals surface area contributed by atoms with Crippen molar-refractivity contribution in [3.63, 3.8) is 0 Å². The molecule has 20 heavy (non-hydrogen) atoms. The van der Waals surface area contributed by atoms with Crippen molar-refractivity contribution in [3.8, 4) is 5.75 Å². The first-order chi connectivity index (χ1) is 9.72. The van der Waals surface area contributed by atoms with Crippen LogP contribution in [0.3, 0.4) is 0 Å². The molecule has 0 saturated carbocycles. The molecule has 0 amide bonds. The van der Waals surface area contributed by atoms with E-state index in [0.29, 0.717) is 18.2 Å². The van der Waals surface area contributed by atoms with E-state index < -0.39 is 0 Å². The third-order valence-electron chi connectivity index (χ3n) is 3.94. The van der Waals surface area contributed by atoms with Gasteiger partial charge in [0.15, 0.2) is 0 Å². The van der Waals surface area contributed by atoms with Crippen LogP contribution < -0.4 is 10.1 Å². The number of benzene rings is 1. The fourth-order valence-electron chi connectivity index (χ4n) is 2.83. The van der Waals surface area contributed by atoms with Crippen LogP contribution in [0.2, 0.25) is 0 Å². The predicted octanol–water partition coefficient (Wildman–Crippen LogP) is 2.66. The summed E-state index contributed by atoms with van der Waals surface area (Å²) >= 11 is 0. The van der Waals surface area contributed by atoms with Crippen LogP contribution >= 0.6 is 0 Å². The van der Waals surface area contributed by atoms with Crippen LogP contribution in [0.15, 0.2) is 18.2 Å². The zero-order chi connectivity index (χ0) is 14.4. The second-order valence-corrected chi connectivity index (χ2v) is 5.51. The van der Waals surface area contributed by atoms with Crippen LogP contribution in [-0.2, 0) is 6.54 Å². The Morgan fingerprint density at radius 1 is 1.45 bits per heavy atom. The van der Waals surface area contributed by atoms with Gasteiger partial charge in [0.1, 0.15) is 11.6 Å². The van der Waals surface area contributed by atoms with Gasteiger partial charge in [-0.3, -0.25) is 4.90 Å². The number of nitrogens with one attached hydrogen (secondary N) is 1. The van der Waals surface area contributed by atoms with Gasteiger partial charge in [0.25, 0.3) is 0 Å². The van der Waals surface area contributed by atoms with E-state index in [-0.39, 0.29) is 5.82 Å². The minimum absolute atomic E-state index is 0.168. The molecule has 1 heterocycles. The number of hydrogen-bond acceptors (Lipinski definition) is 3. The highest BCUT2D eigenvalue weighted by molar-refractivity contribution is 5.28. The fourth-order valence-corrected chi connectivity index (χ4v) is 2.83. The summed E-state index contributed by atoms with van der Waals surface area (Å²) in [4.78, 5) is 2.36. The van der Waals surface area contributed by atoms with Gasteiger partial charge in [-0.1, -0.05) is 13.0 Å². The fraction of sp³-hybridized carbons (Fsp3) is 0.625. The molecule has 4 heteroatoms. The number of rotatable bonds is 6. The number of ether oxygens (including phenoxy) is 1. The molecule has 0 aliphatic carbocycles. The van der Waals surface area contributed by atoms with Gasteiger partial charge in [0, 0.05) is 24.7 Å². The highest BCUT2D eigenvalue weighted by Gasteiger charge is 2.20. The Morgan fingerprint density at radius 3 is 3.00 bits per heavy atom. The lowest BCUT2D eigenvalue weighted by atomic mass is 9.97. The summed E-state index contributed by atoms with van der Waals surface area (Å²) < 4.78 is 19.0. The third kappa shape index (κ3) is 4.18. The molecule has 0 aromatic heterocycles. The molecule has 1 atom stereocenters. The van der Waals surface area contributed by atoms with Crippen molar-refractivity contribution in [1.29, 1.82) is 0 Å². The molecule has 112 valence electrons. The monoisotopic (exact) mass is 280 g/mol. The number of likely N-dealkylation sites (tertiary alicyclic amines) is 1. The molecule has 1 fully saturated rings. The molecular weight excluding hydrogens is 255 g/mol. The topological polar surface area (TPSA) is 24.5 Å². The van der Waals surface area contributed by atoms with Crippen molar-refractivity contribution >= 4 is 0 Å². The number of halogens is 1. The number of hydrogen-bond donors (Lipinski definition) is 1. The number of piperidine rings is 1. The van der Waals surface area contributed by atoms with Crippen LogP contribution in [0.25, 0.3) is 0 Å². The van der Waals surface area contributed by atoms with E-state index in [1.807, 2.05) is 12.1 Å². The Kier molecular flexibility index (Phi) is 5.80. The lowest BCUT2D eigenvalue weighted by Gasteiger charge is -2.33. The second-order valence-electron chi connectivity index (χ2n) is 5.51. The molecule has 0 bridgehead atoms. The first-order valence-electron chi connectivity index (χ1n) is 7.48. The van der Waals surface area contributed by atoms with Crippen LogP contribution in [0, 0.1) is 11.7 Å². The Morgan fingerprint density at radius 2 is 2.30 bits per heavy atom. The maximum atomic E-state index is 14.0. The Bertz CT molecular complexity index is 425. The largest absolute Gasteiger partial charge is 0.497 e. The lowest BCUT2D eigenvalue weighted by molar-refractivity contribution is 0.164. The van der Waals surface area contributed by atoms with E-state index >= 15 is 0 Å². The van der Waals surface area contributed by atoms with Gasteiger partial charge in [-0.15, -0.1) is 0 Å². The van der Waals surface area contributed by atoms with Crippen molar-refractivity contribution in [2.24, 2.45) is 5.92 Å².